The number of hydrogen-bond donors (Lipinski definition) is 1. The van der Waals surface area contributed by atoms with Gasteiger partial charge in [-0.15, -0.1) is 0 Å². The van der Waals surface area contributed by atoms with Crippen LogP contribution in [-0.2, 0) is 23.8 Å². The predicted octanol–water partition coefficient (Wildman–Crippen LogP) is -1.30. The molecular weight excluding hydrogens is 302 g/mol. The standard InChI is InChI=1S/C15H27N3O5/c1-4-22-8-13(19)18-10-15(11-18)9-17(2)12(7-23-15)14(20)16-5-6-21-3/h12H,4-11H2,1-3H3,(H,16,20)/t12-/m0/s1. The average molecular weight is 329 g/mol. The number of carbonyl (C=O) groups excluding carboxylic acids is 2. The first-order chi connectivity index (χ1) is 11.0. The lowest BCUT2D eigenvalue weighted by atomic mass is 9.90. The summed E-state index contributed by atoms with van der Waals surface area (Å²) in [5.74, 6) is -0.0637. The number of hydrogen-bond acceptors (Lipinski definition) is 6. The van der Waals surface area contributed by atoms with Gasteiger partial charge in [0, 0.05) is 26.8 Å². The number of likely N-dealkylation sites (N-methyl/N-ethyl adjacent to an activating group) is 1. The van der Waals surface area contributed by atoms with E-state index in [4.69, 9.17) is 14.2 Å². The van der Waals surface area contributed by atoms with Gasteiger partial charge in [0.15, 0.2) is 0 Å². The minimum Gasteiger partial charge on any atom is -0.383 e. The average Bonchev–Trinajstić information content (AvgIpc) is 2.50. The Labute approximate surface area is 137 Å². The number of likely N-dealkylation sites (tertiary alicyclic amines) is 1. The van der Waals surface area contributed by atoms with Gasteiger partial charge in [-0.3, -0.25) is 14.5 Å². The van der Waals surface area contributed by atoms with Gasteiger partial charge in [0.25, 0.3) is 0 Å². The van der Waals surface area contributed by atoms with Crippen molar-refractivity contribution in [3.05, 3.63) is 0 Å². The number of morpholine rings is 1. The lowest BCUT2D eigenvalue weighted by Gasteiger charge is -2.54. The highest BCUT2D eigenvalue weighted by Crippen LogP contribution is 2.30. The molecule has 0 aromatic heterocycles. The first-order valence-electron chi connectivity index (χ1n) is 7.97. The Morgan fingerprint density at radius 3 is 2.70 bits per heavy atom. The number of ether oxygens (including phenoxy) is 3. The van der Waals surface area contributed by atoms with Crippen LogP contribution in [-0.4, -0.2) is 100 Å². The van der Waals surface area contributed by atoms with Crippen LogP contribution < -0.4 is 5.32 Å². The molecule has 0 radical (unpaired) electrons. The molecule has 0 aromatic rings. The summed E-state index contributed by atoms with van der Waals surface area (Å²) in [5, 5.41) is 2.83. The molecule has 2 rings (SSSR count). The van der Waals surface area contributed by atoms with E-state index < -0.39 is 0 Å². The van der Waals surface area contributed by atoms with E-state index in [9.17, 15) is 9.59 Å². The molecule has 2 amide bonds. The Hall–Kier alpha value is -1.22. The van der Waals surface area contributed by atoms with Gasteiger partial charge in [-0.2, -0.15) is 0 Å². The van der Waals surface area contributed by atoms with E-state index in [-0.39, 0.29) is 30.1 Å². The molecule has 1 N–H and O–H groups in total. The molecule has 2 saturated heterocycles. The molecule has 0 aromatic carbocycles. The van der Waals surface area contributed by atoms with Gasteiger partial charge < -0.3 is 24.4 Å². The van der Waals surface area contributed by atoms with Crippen LogP contribution in [0.5, 0.6) is 0 Å². The molecule has 1 atom stereocenters. The summed E-state index contributed by atoms with van der Waals surface area (Å²) in [7, 11) is 3.51. The molecule has 2 aliphatic rings. The third-order valence-corrected chi connectivity index (χ3v) is 4.27. The van der Waals surface area contributed by atoms with Crippen molar-refractivity contribution >= 4 is 11.8 Å². The van der Waals surface area contributed by atoms with E-state index in [0.29, 0.717) is 46.0 Å². The molecule has 1 spiro atoms. The van der Waals surface area contributed by atoms with Crippen LogP contribution in [0.2, 0.25) is 0 Å². The molecule has 8 heteroatoms. The number of nitrogens with one attached hydrogen (secondary N) is 1. The fourth-order valence-electron chi connectivity index (χ4n) is 2.96. The second kappa shape index (κ2) is 8.05. The zero-order valence-electron chi connectivity index (χ0n) is 14.2. The molecule has 0 unspecified atom stereocenters. The van der Waals surface area contributed by atoms with Gasteiger partial charge in [0.1, 0.15) is 18.2 Å². The normalized spacial score (nSPS) is 23.6. The van der Waals surface area contributed by atoms with E-state index in [2.05, 4.69) is 5.32 Å². The molecule has 0 saturated carbocycles. The zero-order valence-corrected chi connectivity index (χ0v) is 14.2. The predicted molar refractivity (Wildman–Crippen MR) is 83.1 cm³/mol. The van der Waals surface area contributed by atoms with Gasteiger partial charge in [0.05, 0.1) is 26.3 Å². The number of methoxy groups -OCH3 is 1. The van der Waals surface area contributed by atoms with Crippen LogP contribution in [0, 0.1) is 0 Å². The van der Waals surface area contributed by atoms with Gasteiger partial charge in [-0.05, 0) is 14.0 Å². The summed E-state index contributed by atoms with van der Waals surface area (Å²) in [4.78, 5) is 27.7. The van der Waals surface area contributed by atoms with Crippen molar-refractivity contribution in [1.29, 1.82) is 0 Å². The van der Waals surface area contributed by atoms with E-state index in [1.807, 2.05) is 18.9 Å². The van der Waals surface area contributed by atoms with Crippen LogP contribution in [0.15, 0.2) is 0 Å². The number of rotatable bonds is 7. The molecule has 0 aliphatic carbocycles. The molecule has 2 heterocycles. The quantitative estimate of drug-likeness (QED) is 0.585. The Morgan fingerprint density at radius 1 is 1.35 bits per heavy atom. The van der Waals surface area contributed by atoms with Crippen molar-refractivity contribution in [2.24, 2.45) is 0 Å². The minimum atomic E-state index is -0.347. The zero-order chi connectivity index (χ0) is 16.9. The van der Waals surface area contributed by atoms with Crippen molar-refractivity contribution in [1.82, 2.24) is 15.1 Å². The summed E-state index contributed by atoms with van der Waals surface area (Å²) in [6.07, 6.45) is 0. The van der Waals surface area contributed by atoms with Gasteiger partial charge in [-0.25, -0.2) is 0 Å². The molecule has 23 heavy (non-hydrogen) atoms. The summed E-state index contributed by atoms with van der Waals surface area (Å²) in [6.45, 7) is 5.58. The maximum absolute atomic E-state index is 12.1. The maximum Gasteiger partial charge on any atom is 0.248 e. The molecule has 0 bridgehead atoms. The summed E-state index contributed by atoms with van der Waals surface area (Å²) < 4.78 is 16.0. The van der Waals surface area contributed by atoms with E-state index in [1.54, 1.807) is 12.0 Å². The van der Waals surface area contributed by atoms with Crippen LogP contribution in [0.25, 0.3) is 0 Å². The summed E-state index contributed by atoms with van der Waals surface area (Å²) in [5.41, 5.74) is -0.347. The number of amides is 2. The van der Waals surface area contributed by atoms with Crippen molar-refractivity contribution < 1.29 is 23.8 Å². The minimum absolute atomic E-state index is 0.0110. The molecule has 132 valence electrons. The fourth-order valence-corrected chi connectivity index (χ4v) is 2.96. The van der Waals surface area contributed by atoms with Crippen molar-refractivity contribution in [3.8, 4) is 0 Å². The number of carbonyl (C=O) groups is 2. The first kappa shape index (κ1) is 18.1. The second-order valence-electron chi connectivity index (χ2n) is 6.10. The van der Waals surface area contributed by atoms with Crippen LogP contribution >= 0.6 is 0 Å². The van der Waals surface area contributed by atoms with E-state index in [0.717, 1.165) is 0 Å². The third-order valence-electron chi connectivity index (χ3n) is 4.27. The SMILES string of the molecule is CCOCC(=O)N1CC2(C1)CN(C)[C@H](C(=O)NCCOC)CO2. The Bertz CT molecular complexity index is 425. The molecule has 2 aliphatic heterocycles. The fraction of sp³-hybridized carbons (Fsp3) is 0.867. The molecule has 2 fully saturated rings. The lowest BCUT2D eigenvalue weighted by Crippen LogP contribution is -2.73. The number of nitrogens with zero attached hydrogens (tertiary/aromatic N) is 2. The topological polar surface area (TPSA) is 80.3 Å². The van der Waals surface area contributed by atoms with E-state index in [1.165, 1.54) is 0 Å². The van der Waals surface area contributed by atoms with Crippen molar-refractivity contribution in [2.75, 3.05) is 66.8 Å². The van der Waals surface area contributed by atoms with Crippen LogP contribution in [0.3, 0.4) is 0 Å². The smallest absolute Gasteiger partial charge is 0.248 e. The summed E-state index contributed by atoms with van der Waals surface area (Å²) in [6, 6.07) is -0.300. The lowest BCUT2D eigenvalue weighted by molar-refractivity contribution is -0.202. The van der Waals surface area contributed by atoms with Crippen molar-refractivity contribution in [2.45, 2.75) is 18.6 Å². The largest absolute Gasteiger partial charge is 0.383 e. The maximum atomic E-state index is 12.1. The van der Waals surface area contributed by atoms with Gasteiger partial charge in [0.2, 0.25) is 11.8 Å². The molecule has 8 nitrogen and oxygen atoms in total. The van der Waals surface area contributed by atoms with Crippen LogP contribution in [0.1, 0.15) is 6.92 Å². The Kier molecular flexibility index (Phi) is 6.34. The van der Waals surface area contributed by atoms with Crippen molar-refractivity contribution in [3.63, 3.8) is 0 Å². The highest BCUT2D eigenvalue weighted by Gasteiger charge is 2.51. The summed E-state index contributed by atoms with van der Waals surface area (Å²) >= 11 is 0. The highest BCUT2D eigenvalue weighted by atomic mass is 16.5. The second-order valence-corrected chi connectivity index (χ2v) is 6.10. The highest BCUT2D eigenvalue weighted by molar-refractivity contribution is 5.82. The monoisotopic (exact) mass is 329 g/mol. The Morgan fingerprint density at radius 2 is 2.09 bits per heavy atom. The van der Waals surface area contributed by atoms with E-state index >= 15 is 0 Å². The van der Waals surface area contributed by atoms with Gasteiger partial charge in [-0.1, -0.05) is 0 Å². The van der Waals surface area contributed by atoms with Gasteiger partial charge >= 0.3 is 0 Å². The molecular formula is C15H27N3O5. The van der Waals surface area contributed by atoms with Crippen LogP contribution in [0.4, 0.5) is 0 Å². The Balaban J connectivity index is 1.76. The third kappa shape index (κ3) is 4.41. The first-order valence-corrected chi connectivity index (χ1v) is 7.97.